The number of rotatable bonds is 8. The minimum atomic E-state index is -1.28. The fourth-order valence-corrected chi connectivity index (χ4v) is 5.50. The fraction of sp³-hybridized carbons (Fsp3) is 0.133. The molecule has 0 unspecified atom stereocenters. The van der Waals surface area contributed by atoms with Crippen LogP contribution in [0.5, 0.6) is 11.5 Å². The van der Waals surface area contributed by atoms with Crippen LogP contribution in [0.2, 0.25) is 0 Å². The molecule has 46 heavy (non-hydrogen) atoms. The van der Waals surface area contributed by atoms with Crippen molar-refractivity contribution in [1.29, 1.82) is 0 Å². The average Bonchev–Trinajstić information content (AvgIpc) is 3.52. The van der Waals surface area contributed by atoms with Crippen LogP contribution in [-0.4, -0.2) is 46.1 Å². The van der Waals surface area contributed by atoms with Gasteiger partial charge >= 0.3 is 23.4 Å². The smallest absolute Gasteiger partial charge is 0.347 e. The number of hydrogen-bond donors (Lipinski definition) is 0. The molecule has 0 saturated carbocycles. The number of ether oxygens (including phenoxy) is 2. The Kier molecular flexibility index (Phi) is 7.31. The molecule has 2 atom stereocenters. The monoisotopic (exact) mass is 632 g/mol. The van der Waals surface area contributed by atoms with Crippen molar-refractivity contribution >= 4 is 34.8 Å². The highest BCUT2D eigenvalue weighted by Crippen LogP contribution is 2.50. The largest absolute Gasteiger partial charge is 0.497 e. The molecule has 234 valence electrons. The first-order chi connectivity index (χ1) is 22.0. The molecule has 0 radical (unpaired) electrons. The van der Waals surface area contributed by atoms with Crippen LogP contribution in [0.1, 0.15) is 23.5 Å². The predicted molar refractivity (Wildman–Crippen MR) is 157 cm³/mol. The minimum Gasteiger partial charge on any atom is -0.497 e. The van der Waals surface area contributed by atoms with Crippen molar-refractivity contribution in [2.75, 3.05) is 24.0 Å². The molecule has 0 N–H and O–H groups in total. The molecule has 16 heteroatoms. The lowest BCUT2D eigenvalue weighted by molar-refractivity contribution is -0.387. The van der Waals surface area contributed by atoms with Crippen molar-refractivity contribution < 1.29 is 37.7 Å². The molecule has 4 amide bonds. The standard InChI is InChI=1S/C30H22F2N6O8/c1-45-21-9-3-17(4-10-21)27-33(19-7-13-23(31)25(15-19)37(41)42)29(39)36-28(18-5-11-22(46-2)12-6-18)34(30(40)35(27)36)20-8-14-24(32)26(16-20)38(43)44/h3-16,27-28H,1-2H3/t27-,28+. The normalized spacial score (nSPS) is 17.4. The first-order valence-corrected chi connectivity index (χ1v) is 13.5. The summed E-state index contributed by atoms with van der Waals surface area (Å²) in [5.41, 5.74) is -1.23. The van der Waals surface area contributed by atoms with Crippen molar-refractivity contribution in [3.8, 4) is 11.5 Å². The van der Waals surface area contributed by atoms with E-state index in [1.54, 1.807) is 48.5 Å². The third kappa shape index (κ3) is 4.72. The molecular weight excluding hydrogens is 610 g/mol. The molecule has 2 fully saturated rings. The van der Waals surface area contributed by atoms with Gasteiger partial charge in [0.15, 0.2) is 12.3 Å². The number of methoxy groups -OCH3 is 2. The Morgan fingerprint density at radius 3 is 1.26 bits per heavy atom. The number of hydrogen-bond acceptors (Lipinski definition) is 8. The summed E-state index contributed by atoms with van der Waals surface area (Å²) in [6.07, 6.45) is -2.56. The van der Waals surface area contributed by atoms with Crippen molar-refractivity contribution in [2.24, 2.45) is 0 Å². The summed E-state index contributed by atoms with van der Waals surface area (Å²) in [5.74, 6) is -1.34. The van der Waals surface area contributed by atoms with Gasteiger partial charge in [0, 0.05) is 12.1 Å². The van der Waals surface area contributed by atoms with Crippen LogP contribution in [0, 0.1) is 31.9 Å². The van der Waals surface area contributed by atoms with E-state index in [2.05, 4.69) is 0 Å². The summed E-state index contributed by atoms with van der Waals surface area (Å²) in [6.45, 7) is 0. The lowest BCUT2D eigenvalue weighted by Gasteiger charge is -2.29. The number of carbonyl (C=O) groups excluding carboxylic acids is 2. The summed E-state index contributed by atoms with van der Waals surface area (Å²) in [6, 6.07) is 16.8. The number of halogens is 2. The van der Waals surface area contributed by atoms with Gasteiger partial charge in [-0.25, -0.2) is 19.6 Å². The average molecular weight is 633 g/mol. The van der Waals surface area contributed by atoms with E-state index >= 15 is 0 Å². The Morgan fingerprint density at radius 1 is 0.609 bits per heavy atom. The van der Waals surface area contributed by atoms with Crippen molar-refractivity contribution in [2.45, 2.75) is 12.3 Å². The van der Waals surface area contributed by atoms with E-state index in [0.29, 0.717) is 22.6 Å². The van der Waals surface area contributed by atoms with E-state index in [0.717, 1.165) is 44.1 Å². The van der Waals surface area contributed by atoms with Gasteiger partial charge < -0.3 is 9.47 Å². The van der Waals surface area contributed by atoms with E-state index in [9.17, 15) is 38.6 Å². The van der Waals surface area contributed by atoms with Gasteiger partial charge in [0.2, 0.25) is 11.6 Å². The molecular formula is C30H22F2N6O8. The zero-order valence-electron chi connectivity index (χ0n) is 23.9. The van der Waals surface area contributed by atoms with Crippen LogP contribution in [0.4, 0.5) is 41.1 Å². The van der Waals surface area contributed by atoms with Gasteiger partial charge in [-0.3, -0.25) is 30.0 Å². The van der Waals surface area contributed by atoms with Gasteiger partial charge in [-0.2, -0.15) is 8.78 Å². The molecule has 4 aromatic carbocycles. The van der Waals surface area contributed by atoms with Crippen molar-refractivity contribution in [3.63, 3.8) is 0 Å². The summed E-state index contributed by atoms with van der Waals surface area (Å²) in [4.78, 5) is 52.5. The second-order valence-electron chi connectivity index (χ2n) is 10.1. The molecule has 2 aliphatic heterocycles. The van der Waals surface area contributed by atoms with Crippen LogP contribution in [-0.2, 0) is 0 Å². The Morgan fingerprint density at radius 2 is 0.957 bits per heavy atom. The van der Waals surface area contributed by atoms with Gasteiger partial charge in [-0.1, -0.05) is 24.3 Å². The van der Waals surface area contributed by atoms with E-state index in [4.69, 9.17) is 9.47 Å². The second-order valence-corrected chi connectivity index (χ2v) is 10.1. The lowest BCUT2D eigenvalue weighted by atomic mass is 10.1. The molecule has 0 aromatic heterocycles. The third-order valence-electron chi connectivity index (χ3n) is 7.63. The Balaban J connectivity index is 1.57. The van der Waals surface area contributed by atoms with Crippen LogP contribution < -0.4 is 19.3 Å². The fourth-order valence-electron chi connectivity index (χ4n) is 5.50. The maximum absolute atomic E-state index is 14.5. The maximum Gasteiger partial charge on any atom is 0.347 e. The highest BCUT2D eigenvalue weighted by molar-refractivity contribution is 6.05. The van der Waals surface area contributed by atoms with Crippen LogP contribution in [0.15, 0.2) is 84.9 Å². The maximum atomic E-state index is 14.5. The van der Waals surface area contributed by atoms with Crippen molar-refractivity contribution in [1.82, 2.24) is 10.0 Å². The zero-order chi connectivity index (χ0) is 32.9. The Bertz CT molecular complexity index is 1750. The molecule has 2 heterocycles. The van der Waals surface area contributed by atoms with E-state index in [1.165, 1.54) is 26.4 Å². The number of fused-ring (bicyclic) bond motifs is 1. The number of benzene rings is 4. The molecule has 14 nitrogen and oxygen atoms in total. The van der Waals surface area contributed by atoms with Crippen LogP contribution >= 0.6 is 0 Å². The first kappa shape index (κ1) is 29.7. The molecule has 0 spiro atoms. The molecule has 2 aliphatic rings. The van der Waals surface area contributed by atoms with E-state index in [-0.39, 0.29) is 11.4 Å². The highest BCUT2D eigenvalue weighted by Gasteiger charge is 2.60. The molecule has 6 rings (SSSR count). The van der Waals surface area contributed by atoms with Gasteiger partial charge in [0.25, 0.3) is 0 Å². The number of urea groups is 2. The van der Waals surface area contributed by atoms with Gasteiger partial charge in [0.05, 0.1) is 35.4 Å². The summed E-state index contributed by atoms with van der Waals surface area (Å²) >= 11 is 0. The molecule has 4 aromatic rings. The van der Waals surface area contributed by atoms with Crippen LogP contribution in [0.25, 0.3) is 0 Å². The Labute approximate surface area is 258 Å². The van der Waals surface area contributed by atoms with Gasteiger partial charge in [-0.15, -0.1) is 0 Å². The number of nitro groups is 2. The third-order valence-corrected chi connectivity index (χ3v) is 7.63. The summed E-state index contributed by atoms with van der Waals surface area (Å²) < 4.78 is 39.2. The highest BCUT2D eigenvalue weighted by atomic mass is 19.1. The summed E-state index contributed by atoms with van der Waals surface area (Å²) in [5, 5.41) is 25.4. The Hall–Kier alpha value is -6.32. The van der Waals surface area contributed by atoms with Gasteiger partial charge in [0.1, 0.15) is 11.5 Å². The first-order valence-electron chi connectivity index (χ1n) is 13.5. The number of nitro benzene ring substituents is 2. The quantitative estimate of drug-likeness (QED) is 0.162. The number of carbonyl (C=O) groups is 2. The topological polar surface area (TPSA) is 152 Å². The van der Waals surface area contributed by atoms with E-state index < -0.39 is 57.2 Å². The molecule has 2 saturated heterocycles. The number of nitrogens with zero attached hydrogens (tertiary/aromatic N) is 6. The zero-order valence-corrected chi connectivity index (χ0v) is 23.9. The predicted octanol–water partition coefficient (Wildman–Crippen LogP) is 6.30. The second kappa shape index (κ2) is 11.3. The SMILES string of the molecule is COc1ccc([C@@H]2N(c3ccc(F)c([N+](=O)[O-])c3)C(=O)N3[C@@H](c4ccc(OC)cc4)N(c4ccc(F)c([N+](=O)[O-])c4)C(=O)N23)cc1. The number of amides is 4. The van der Waals surface area contributed by atoms with E-state index in [1.807, 2.05) is 0 Å². The van der Waals surface area contributed by atoms with Crippen LogP contribution in [0.3, 0.4) is 0 Å². The molecule has 0 bridgehead atoms. The minimum absolute atomic E-state index is 0.0847. The lowest BCUT2D eigenvalue weighted by Crippen LogP contribution is -2.40. The van der Waals surface area contributed by atoms with Crippen molar-refractivity contribution in [3.05, 3.63) is 128 Å². The molecule has 0 aliphatic carbocycles. The number of anilines is 2. The number of hydrazine groups is 1. The summed E-state index contributed by atoms with van der Waals surface area (Å²) in [7, 11) is 2.89. The van der Waals surface area contributed by atoms with Gasteiger partial charge in [-0.05, 0) is 59.7 Å².